The molecule has 1 atom stereocenters. The highest BCUT2D eigenvalue weighted by Crippen LogP contribution is 2.34. The van der Waals surface area contributed by atoms with Gasteiger partial charge in [-0.25, -0.2) is 19.2 Å². The first kappa shape index (κ1) is 24.0. The van der Waals surface area contributed by atoms with Crippen LogP contribution in [0.2, 0.25) is 0 Å². The molecule has 2 aromatic heterocycles. The lowest BCUT2D eigenvalue weighted by Crippen LogP contribution is -2.34. The molecule has 5 rings (SSSR count). The quantitative estimate of drug-likeness (QED) is 0.250. The van der Waals surface area contributed by atoms with Crippen LogP contribution in [0.25, 0.3) is 0 Å². The highest BCUT2D eigenvalue weighted by Gasteiger charge is 2.32. The first-order chi connectivity index (χ1) is 17.1. The summed E-state index contributed by atoms with van der Waals surface area (Å²) in [5.41, 5.74) is 1.71. The van der Waals surface area contributed by atoms with Crippen molar-refractivity contribution in [3.05, 3.63) is 53.7 Å². The smallest absolute Gasteiger partial charge is 0.231 e. The largest absolute Gasteiger partial charge is 0.368 e. The second kappa shape index (κ2) is 10.9. The molecule has 3 aromatic rings. The lowest BCUT2D eigenvalue weighted by atomic mass is 9.96. The fourth-order valence-corrected chi connectivity index (χ4v) is 5.08. The summed E-state index contributed by atoms with van der Waals surface area (Å²) < 4.78 is 25.1. The number of halogens is 1. The fraction of sp³-hybridized carbons (Fsp3) is 0.500. The summed E-state index contributed by atoms with van der Waals surface area (Å²) in [6.07, 6.45) is 7.44. The van der Waals surface area contributed by atoms with Crippen molar-refractivity contribution in [3.63, 3.8) is 0 Å². The van der Waals surface area contributed by atoms with Crippen LogP contribution >= 0.6 is 12.0 Å². The molecule has 0 unspecified atom stereocenters. The van der Waals surface area contributed by atoms with Gasteiger partial charge < -0.3 is 14.3 Å². The minimum atomic E-state index is -0.290. The summed E-state index contributed by atoms with van der Waals surface area (Å²) in [5.74, 6) is 2.25. The molecule has 35 heavy (non-hydrogen) atoms. The average Bonchev–Trinajstić information content (AvgIpc) is 3.58. The van der Waals surface area contributed by atoms with Gasteiger partial charge in [0.25, 0.3) is 0 Å². The lowest BCUT2D eigenvalue weighted by molar-refractivity contribution is -0.160. The number of piperidine rings is 1. The normalized spacial score (nSPS) is 19.0. The van der Waals surface area contributed by atoms with Crippen LogP contribution in [0.15, 0.2) is 40.0 Å². The van der Waals surface area contributed by atoms with Crippen molar-refractivity contribution < 1.29 is 18.1 Å². The van der Waals surface area contributed by atoms with Gasteiger partial charge in [-0.3, -0.25) is 0 Å². The maximum absolute atomic E-state index is 14.7. The summed E-state index contributed by atoms with van der Waals surface area (Å²) in [4.78, 5) is 23.2. The van der Waals surface area contributed by atoms with Crippen LogP contribution < -0.4 is 9.80 Å². The predicted octanol–water partition coefficient (Wildman–Crippen LogP) is 4.52. The van der Waals surface area contributed by atoms with Crippen molar-refractivity contribution in [1.82, 2.24) is 20.1 Å². The van der Waals surface area contributed by atoms with Crippen molar-refractivity contribution in [3.8, 4) is 0 Å². The Balaban J connectivity index is 1.17. The van der Waals surface area contributed by atoms with Crippen LogP contribution in [-0.4, -0.2) is 53.4 Å². The van der Waals surface area contributed by atoms with E-state index < -0.39 is 0 Å². The Morgan fingerprint density at radius 2 is 1.83 bits per heavy atom. The van der Waals surface area contributed by atoms with Crippen molar-refractivity contribution in [2.75, 3.05) is 43.1 Å². The number of anilines is 2. The van der Waals surface area contributed by atoms with E-state index in [1.54, 1.807) is 6.07 Å². The molecule has 0 bridgehead atoms. The average molecular weight is 501 g/mol. The van der Waals surface area contributed by atoms with Gasteiger partial charge in [-0.1, -0.05) is 12.1 Å². The predicted molar refractivity (Wildman–Crippen MR) is 130 cm³/mol. The molecular formula is C24H29FN6O3S. The number of nitrogens with zero attached hydrogens (tertiary/aromatic N) is 6. The summed E-state index contributed by atoms with van der Waals surface area (Å²) in [6, 6.07) is 5.04. The first-order valence-electron chi connectivity index (χ1n) is 12.0. The van der Waals surface area contributed by atoms with Gasteiger partial charge in [0.05, 0.1) is 30.8 Å². The Bertz CT molecular complexity index is 1120. The van der Waals surface area contributed by atoms with Gasteiger partial charge in [0.15, 0.2) is 5.82 Å². The number of benzene rings is 1. The third-order valence-corrected chi connectivity index (χ3v) is 7.35. The third-order valence-electron chi connectivity index (χ3n) is 6.70. The van der Waals surface area contributed by atoms with Crippen LogP contribution in [0.3, 0.4) is 0 Å². The Morgan fingerprint density at radius 3 is 2.54 bits per heavy atom. The molecule has 0 spiro atoms. The van der Waals surface area contributed by atoms with Gasteiger partial charge in [-0.2, -0.15) is 9.32 Å². The highest BCUT2D eigenvalue weighted by atomic mass is 32.2. The van der Waals surface area contributed by atoms with E-state index in [1.807, 2.05) is 23.4 Å². The van der Waals surface area contributed by atoms with Gasteiger partial charge in [-0.05, 0) is 49.4 Å². The number of rotatable bonds is 8. The van der Waals surface area contributed by atoms with Gasteiger partial charge >= 0.3 is 0 Å². The molecule has 9 nitrogen and oxygen atoms in total. The van der Waals surface area contributed by atoms with Crippen LogP contribution in [0.4, 0.5) is 16.0 Å². The monoisotopic (exact) mass is 500 g/mol. The van der Waals surface area contributed by atoms with Crippen LogP contribution in [0, 0.1) is 5.82 Å². The highest BCUT2D eigenvalue weighted by molar-refractivity contribution is 7.94. The minimum absolute atomic E-state index is 0.0899. The van der Waals surface area contributed by atoms with E-state index in [9.17, 15) is 4.39 Å². The summed E-state index contributed by atoms with van der Waals surface area (Å²) >= 11 is 0.976. The summed E-state index contributed by atoms with van der Waals surface area (Å²) in [5, 5.41) is 4.30. The van der Waals surface area contributed by atoms with Crippen molar-refractivity contribution in [2.24, 2.45) is 0 Å². The molecule has 2 aliphatic heterocycles. The van der Waals surface area contributed by atoms with Crippen LogP contribution in [0.5, 0.6) is 0 Å². The molecule has 186 valence electrons. The summed E-state index contributed by atoms with van der Waals surface area (Å²) in [6.45, 7) is 5.19. The maximum atomic E-state index is 14.7. The van der Waals surface area contributed by atoms with Crippen molar-refractivity contribution in [1.29, 1.82) is 0 Å². The van der Waals surface area contributed by atoms with Gasteiger partial charge in [0, 0.05) is 49.4 Å². The SMILES string of the molecule is CCc1cnc(N2CCC(c3noc([C@H]4CCN(c5ccc(SOOC)cc5F)C4)n3)CC2)nc1. The van der Waals surface area contributed by atoms with Gasteiger partial charge in [0.2, 0.25) is 11.8 Å². The maximum Gasteiger partial charge on any atom is 0.231 e. The van der Waals surface area contributed by atoms with E-state index in [-0.39, 0.29) is 17.7 Å². The van der Waals surface area contributed by atoms with E-state index in [0.717, 1.165) is 74.7 Å². The number of hydrogen-bond donors (Lipinski definition) is 0. The van der Waals surface area contributed by atoms with Crippen LogP contribution in [-0.2, 0) is 15.6 Å². The van der Waals surface area contributed by atoms with E-state index in [0.29, 0.717) is 23.0 Å². The van der Waals surface area contributed by atoms with Crippen molar-refractivity contribution in [2.45, 2.75) is 49.3 Å². The molecule has 0 saturated carbocycles. The Morgan fingerprint density at radius 1 is 1.09 bits per heavy atom. The molecule has 2 fully saturated rings. The molecule has 0 N–H and O–H groups in total. The number of aryl methyl sites for hydroxylation is 1. The van der Waals surface area contributed by atoms with E-state index in [4.69, 9.17) is 13.8 Å². The minimum Gasteiger partial charge on any atom is -0.368 e. The zero-order chi connectivity index (χ0) is 24.2. The Kier molecular flexibility index (Phi) is 7.45. The lowest BCUT2D eigenvalue weighted by Gasteiger charge is -2.30. The standard InChI is InChI=1S/C24H29FN6O3S/c1-3-16-13-26-24(27-14-16)30-9-6-17(7-10-30)22-28-23(33-29-22)18-8-11-31(15-18)21-5-4-19(12-20(21)25)35-34-32-2/h4-5,12-14,17-18H,3,6-11,15H2,1-2H3/t18-/m0/s1. The van der Waals surface area contributed by atoms with E-state index in [2.05, 4.69) is 31.8 Å². The molecule has 2 saturated heterocycles. The van der Waals surface area contributed by atoms with E-state index >= 15 is 0 Å². The second-order valence-electron chi connectivity index (χ2n) is 8.86. The fourth-order valence-electron chi connectivity index (χ4n) is 4.66. The Labute approximate surface area is 208 Å². The topological polar surface area (TPSA) is 89.6 Å². The first-order valence-corrected chi connectivity index (χ1v) is 12.7. The molecular weight excluding hydrogens is 471 g/mol. The third kappa shape index (κ3) is 5.41. The second-order valence-corrected chi connectivity index (χ2v) is 9.63. The van der Waals surface area contributed by atoms with Crippen LogP contribution in [0.1, 0.15) is 55.3 Å². The number of hydrogen-bond acceptors (Lipinski definition) is 10. The van der Waals surface area contributed by atoms with Gasteiger partial charge in [0.1, 0.15) is 5.82 Å². The molecule has 2 aliphatic rings. The van der Waals surface area contributed by atoms with Crippen molar-refractivity contribution >= 4 is 23.7 Å². The molecule has 11 heteroatoms. The van der Waals surface area contributed by atoms with E-state index in [1.165, 1.54) is 13.2 Å². The molecule has 0 radical (unpaired) electrons. The number of aromatic nitrogens is 4. The molecule has 1 aromatic carbocycles. The summed E-state index contributed by atoms with van der Waals surface area (Å²) in [7, 11) is 1.41. The molecule has 0 aliphatic carbocycles. The molecule has 4 heterocycles. The van der Waals surface area contributed by atoms with Gasteiger partial charge in [-0.15, -0.1) is 0 Å². The zero-order valence-corrected chi connectivity index (χ0v) is 20.7. The molecule has 0 amide bonds. The Hall–Kier alpha value is -2.76. The zero-order valence-electron chi connectivity index (χ0n) is 19.9.